The molecule has 0 saturated carbocycles. The van der Waals surface area contributed by atoms with E-state index >= 15 is 0 Å². The van der Waals surface area contributed by atoms with E-state index in [2.05, 4.69) is 4.98 Å². The lowest BCUT2D eigenvalue weighted by Gasteiger charge is -1.94. The number of carbonyl (C=O) groups is 1. The highest BCUT2D eigenvalue weighted by atomic mass is 35.5. The monoisotopic (exact) mass is 227 g/mol. The van der Waals surface area contributed by atoms with Gasteiger partial charge >= 0.3 is 5.97 Å². The van der Waals surface area contributed by atoms with E-state index in [0.29, 0.717) is 9.90 Å². The van der Waals surface area contributed by atoms with Crippen LogP contribution in [0.1, 0.15) is 10.4 Å². The van der Waals surface area contributed by atoms with E-state index < -0.39 is 5.97 Å². The molecule has 0 atom stereocenters. The molecule has 5 heteroatoms. The second-order valence-corrected chi connectivity index (χ2v) is 4.41. The van der Waals surface area contributed by atoms with Crippen molar-refractivity contribution in [3.8, 4) is 10.4 Å². The third-order valence-electron chi connectivity index (χ3n) is 1.81. The molecule has 0 fully saturated rings. The highest BCUT2D eigenvalue weighted by Crippen LogP contribution is 2.32. The molecule has 2 rings (SSSR count). The third-order valence-corrected chi connectivity index (χ3v) is 3.08. The maximum atomic E-state index is 10.8. The fraction of sp³-hybridized carbons (Fsp3) is 0. The SMILES string of the molecule is O=C(O)c1c[nH]cc1-c1ccc(Cl)s1. The number of carboxylic acids is 1. The van der Waals surface area contributed by atoms with E-state index in [1.54, 1.807) is 12.3 Å². The summed E-state index contributed by atoms with van der Waals surface area (Å²) in [6.07, 6.45) is 3.12. The van der Waals surface area contributed by atoms with Gasteiger partial charge < -0.3 is 10.1 Å². The topological polar surface area (TPSA) is 53.1 Å². The Morgan fingerprint density at radius 2 is 2.21 bits per heavy atom. The van der Waals surface area contributed by atoms with Gasteiger partial charge in [-0.05, 0) is 12.1 Å². The van der Waals surface area contributed by atoms with E-state index in [9.17, 15) is 4.79 Å². The predicted octanol–water partition coefficient (Wildman–Crippen LogP) is 3.09. The Hall–Kier alpha value is -1.26. The number of rotatable bonds is 2. The molecule has 2 N–H and O–H groups in total. The molecular weight excluding hydrogens is 222 g/mol. The van der Waals surface area contributed by atoms with E-state index in [1.165, 1.54) is 17.5 Å². The quantitative estimate of drug-likeness (QED) is 0.828. The number of thiophene rings is 1. The van der Waals surface area contributed by atoms with Crippen molar-refractivity contribution in [3.63, 3.8) is 0 Å². The van der Waals surface area contributed by atoms with Crippen LogP contribution in [0, 0.1) is 0 Å². The standard InChI is InChI=1S/C9H6ClNO2S/c10-8-2-1-7(14-8)5-3-11-4-6(5)9(12)13/h1-4,11H,(H,12,13). The zero-order valence-electron chi connectivity index (χ0n) is 6.95. The van der Waals surface area contributed by atoms with Gasteiger partial charge in [-0.2, -0.15) is 0 Å². The Morgan fingerprint density at radius 3 is 2.79 bits per heavy atom. The lowest BCUT2D eigenvalue weighted by atomic mass is 10.2. The summed E-state index contributed by atoms with van der Waals surface area (Å²) in [5.41, 5.74) is 0.943. The zero-order chi connectivity index (χ0) is 10.1. The first-order valence-electron chi connectivity index (χ1n) is 3.84. The van der Waals surface area contributed by atoms with Gasteiger partial charge in [0.15, 0.2) is 0 Å². The molecule has 0 saturated heterocycles. The van der Waals surface area contributed by atoms with Crippen molar-refractivity contribution in [1.29, 1.82) is 0 Å². The number of aromatic amines is 1. The van der Waals surface area contributed by atoms with Crippen LogP contribution in [0.5, 0.6) is 0 Å². The fourth-order valence-electron chi connectivity index (χ4n) is 1.20. The Bertz CT molecular complexity index is 475. The van der Waals surface area contributed by atoms with Gasteiger partial charge in [0.25, 0.3) is 0 Å². The Labute approximate surface area is 89.0 Å². The molecule has 0 radical (unpaired) electrons. The molecule has 2 heterocycles. The summed E-state index contributed by atoms with van der Waals surface area (Å²) in [6.45, 7) is 0. The summed E-state index contributed by atoms with van der Waals surface area (Å²) in [6, 6.07) is 3.56. The first-order chi connectivity index (χ1) is 6.68. The van der Waals surface area contributed by atoms with Crippen LogP contribution in [-0.2, 0) is 0 Å². The van der Waals surface area contributed by atoms with Gasteiger partial charge in [0, 0.05) is 22.8 Å². The first kappa shape index (κ1) is 9.30. The molecule has 0 spiro atoms. The molecule has 0 bridgehead atoms. The lowest BCUT2D eigenvalue weighted by molar-refractivity contribution is 0.0698. The molecule has 3 nitrogen and oxygen atoms in total. The summed E-state index contributed by atoms with van der Waals surface area (Å²) in [7, 11) is 0. The number of nitrogens with one attached hydrogen (secondary N) is 1. The minimum absolute atomic E-state index is 0.267. The molecule has 2 aromatic rings. The van der Waals surface area contributed by atoms with Gasteiger partial charge in [0.1, 0.15) is 0 Å². The van der Waals surface area contributed by atoms with Gasteiger partial charge in [-0.1, -0.05) is 11.6 Å². The lowest BCUT2D eigenvalue weighted by Crippen LogP contribution is -1.94. The number of hydrogen-bond acceptors (Lipinski definition) is 2. The number of aromatic nitrogens is 1. The highest BCUT2D eigenvalue weighted by Gasteiger charge is 2.13. The second-order valence-electron chi connectivity index (χ2n) is 2.69. The Morgan fingerprint density at radius 1 is 1.43 bits per heavy atom. The number of halogens is 1. The fourth-order valence-corrected chi connectivity index (χ4v) is 2.28. The van der Waals surface area contributed by atoms with Crippen molar-refractivity contribution in [2.45, 2.75) is 0 Å². The van der Waals surface area contributed by atoms with E-state index in [-0.39, 0.29) is 5.56 Å². The van der Waals surface area contributed by atoms with E-state index in [1.807, 2.05) is 6.07 Å². The van der Waals surface area contributed by atoms with Gasteiger partial charge in [-0.3, -0.25) is 0 Å². The number of hydrogen-bond donors (Lipinski definition) is 2. The number of carboxylic acid groups (broad SMARTS) is 1. The third kappa shape index (κ3) is 1.54. The maximum absolute atomic E-state index is 10.8. The van der Waals surface area contributed by atoms with Crippen molar-refractivity contribution in [1.82, 2.24) is 4.98 Å². The number of aromatic carboxylic acids is 1. The predicted molar refractivity (Wildman–Crippen MR) is 56.1 cm³/mol. The van der Waals surface area contributed by atoms with Crippen LogP contribution in [0.25, 0.3) is 10.4 Å². The van der Waals surface area contributed by atoms with Crippen LogP contribution < -0.4 is 0 Å². The minimum atomic E-state index is -0.939. The average molecular weight is 228 g/mol. The number of H-pyrrole nitrogens is 1. The van der Waals surface area contributed by atoms with E-state index in [4.69, 9.17) is 16.7 Å². The molecule has 2 aromatic heterocycles. The van der Waals surface area contributed by atoms with Gasteiger partial charge in [0.05, 0.1) is 9.90 Å². The Kier molecular flexibility index (Phi) is 2.31. The van der Waals surface area contributed by atoms with Crippen molar-refractivity contribution in [2.75, 3.05) is 0 Å². The molecule has 0 unspecified atom stereocenters. The average Bonchev–Trinajstić information content (AvgIpc) is 2.70. The molecule has 0 amide bonds. The summed E-state index contributed by atoms with van der Waals surface area (Å²) in [5, 5.41) is 8.87. The van der Waals surface area contributed by atoms with Crippen LogP contribution in [0.4, 0.5) is 0 Å². The Balaban J connectivity index is 2.51. The summed E-state index contributed by atoms with van der Waals surface area (Å²) in [5.74, 6) is -0.939. The molecule has 72 valence electrons. The van der Waals surface area contributed by atoms with Gasteiger partial charge in [-0.25, -0.2) is 4.79 Å². The van der Waals surface area contributed by atoms with Crippen LogP contribution in [0.15, 0.2) is 24.5 Å². The molecule has 0 aliphatic carbocycles. The highest BCUT2D eigenvalue weighted by molar-refractivity contribution is 7.19. The van der Waals surface area contributed by atoms with Crippen LogP contribution >= 0.6 is 22.9 Å². The molecule has 0 aliphatic rings. The largest absolute Gasteiger partial charge is 0.478 e. The molecule has 0 aliphatic heterocycles. The maximum Gasteiger partial charge on any atom is 0.337 e. The first-order valence-corrected chi connectivity index (χ1v) is 5.03. The van der Waals surface area contributed by atoms with Crippen molar-refractivity contribution in [3.05, 3.63) is 34.4 Å². The molecule has 14 heavy (non-hydrogen) atoms. The molecule has 0 aromatic carbocycles. The van der Waals surface area contributed by atoms with Crippen LogP contribution in [-0.4, -0.2) is 16.1 Å². The zero-order valence-corrected chi connectivity index (χ0v) is 8.52. The van der Waals surface area contributed by atoms with Gasteiger partial charge in [-0.15, -0.1) is 11.3 Å². The summed E-state index contributed by atoms with van der Waals surface area (Å²) < 4.78 is 0.650. The van der Waals surface area contributed by atoms with Crippen molar-refractivity contribution >= 4 is 28.9 Å². The van der Waals surface area contributed by atoms with Crippen LogP contribution in [0.3, 0.4) is 0 Å². The van der Waals surface area contributed by atoms with E-state index in [0.717, 1.165) is 4.88 Å². The summed E-state index contributed by atoms with van der Waals surface area (Å²) in [4.78, 5) is 14.4. The van der Waals surface area contributed by atoms with Crippen LogP contribution in [0.2, 0.25) is 4.34 Å². The van der Waals surface area contributed by atoms with Gasteiger partial charge in [0.2, 0.25) is 0 Å². The molecular formula is C9H6ClNO2S. The summed E-state index contributed by atoms with van der Waals surface area (Å²) >= 11 is 7.13. The smallest absolute Gasteiger partial charge is 0.337 e. The second kappa shape index (κ2) is 3.48. The van der Waals surface area contributed by atoms with Crippen molar-refractivity contribution in [2.24, 2.45) is 0 Å². The minimum Gasteiger partial charge on any atom is -0.478 e. The van der Waals surface area contributed by atoms with Crippen molar-refractivity contribution < 1.29 is 9.90 Å². The normalized spacial score (nSPS) is 10.4.